The van der Waals surface area contributed by atoms with E-state index in [1.54, 1.807) is 29.2 Å². The normalized spacial score (nSPS) is 36.5. The fourth-order valence-corrected chi connectivity index (χ4v) is 7.81. The second-order valence-corrected chi connectivity index (χ2v) is 11.3. The highest BCUT2D eigenvalue weighted by Crippen LogP contribution is 2.61. The lowest BCUT2D eigenvalue weighted by Crippen LogP contribution is -2.49. The van der Waals surface area contributed by atoms with E-state index in [2.05, 4.69) is 4.99 Å². The molecule has 7 heteroatoms. The zero-order chi connectivity index (χ0) is 20.9. The summed E-state index contributed by atoms with van der Waals surface area (Å²) in [5.41, 5.74) is 1.05. The van der Waals surface area contributed by atoms with Crippen LogP contribution in [-0.2, 0) is 9.59 Å². The maximum absolute atomic E-state index is 12.9. The Hall–Kier alpha value is -1.53. The number of amidine groups is 1. The summed E-state index contributed by atoms with van der Waals surface area (Å²) in [6.45, 7) is 0.636. The van der Waals surface area contributed by atoms with Crippen LogP contribution in [0.5, 0.6) is 0 Å². The molecule has 0 aromatic heterocycles. The fraction of sp³-hybridized carbons (Fsp3) is 0.609. The molecule has 4 saturated carbocycles. The van der Waals surface area contributed by atoms with Crippen LogP contribution >= 0.6 is 23.4 Å². The van der Waals surface area contributed by atoms with Crippen LogP contribution in [0, 0.1) is 23.2 Å². The van der Waals surface area contributed by atoms with Crippen LogP contribution in [0.4, 0.5) is 5.69 Å². The second-order valence-electron chi connectivity index (χ2n) is 9.73. The molecule has 1 aliphatic heterocycles. The fourth-order valence-electron chi connectivity index (χ4n) is 6.62. The van der Waals surface area contributed by atoms with Gasteiger partial charge in [0.1, 0.15) is 5.25 Å². The quantitative estimate of drug-likeness (QED) is 0.661. The van der Waals surface area contributed by atoms with Crippen molar-refractivity contribution >= 4 is 46.1 Å². The Bertz CT molecular complexity index is 850. The molecule has 5 nitrogen and oxygen atoms in total. The third-order valence-electron chi connectivity index (χ3n) is 7.50. The lowest BCUT2D eigenvalue weighted by molar-refractivity contribution is -0.139. The van der Waals surface area contributed by atoms with Gasteiger partial charge in [-0.15, -0.1) is 0 Å². The first-order valence-electron chi connectivity index (χ1n) is 10.9. The Labute approximate surface area is 186 Å². The standard InChI is InChI=1S/C23H27ClN2O3S/c24-17-1-3-18(4-2-17)25-22-26(20(27)10-19(30-22)21(28)29)6-5-23-11-14-7-15(12-23)9-16(8-14)13-23/h1-4,14-16,19H,5-13H2,(H,28,29). The average molecular weight is 447 g/mol. The smallest absolute Gasteiger partial charge is 0.317 e. The molecule has 1 unspecified atom stereocenters. The summed E-state index contributed by atoms with van der Waals surface area (Å²) in [6.07, 6.45) is 9.14. The highest BCUT2D eigenvalue weighted by molar-refractivity contribution is 8.15. The van der Waals surface area contributed by atoms with Gasteiger partial charge in [0.25, 0.3) is 0 Å². The lowest BCUT2D eigenvalue weighted by Gasteiger charge is -2.57. The Morgan fingerprint density at radius 2 is 1.73 bits per heavy atom. The molecular weight excluding hydrogens is 420 g/mol. The number of benzene rings is 1. The maximum Gasteiger partial charge on any atom is 0.317 e. The number of halogens is 1. The van der Waals surface area contributed by atoms with Crippen LogP contribution in [0.25, 0.3) is 0 Å². The van der Waals surface area contributed by atoms with Gasteiger partial charge in [0.05, 0.1) is 12.1 Å². The summed E-state index contributed by atoms with van der Waals surface area (Å²) in [7, 11) is 0. The highest BCUT2D eigenvalue weighted by Gasteiger charge is 2.51. The summed E-state index contributed by atoms with van der Waals surface area (Å²) < 4.78 is 0. The first-order valence-corrected chi connectivity index (χ1v) is 12.2. The Balaban J connectivity index is 1.36. The number of carboxylic acids is 1. The zero-order valence-electron chi connectivity index (χ0n) is 16.9. The van der Waals surface area contributed by atoms with Crippen LogP contribution in [0.15, 0.2) is 29.3 Å². The molecule has 1 atom stereocenters. The molecule has 6 rings (SSSR count). The predicted octanol–water partition coefficient (Wildman–Crippen LogP) is 5.35. The lowest BCUT2D eigenvalue weighted by atomic mass is 9.49. The van der Waals surface area contributed by atoms with Crippen molar-refractivity contribution in [3.05, 3.63) is 29.3 Å². The van der Waals surface area contributed by atoms with E-state index < -0.39 is 11.2 Å². The van der Waals surface area contributed by atoms with Gasteiger partial charge in [-0.2, -0.15) is 0 Å². The summed E-state index contributed by atoms with van der Waals surface area (Å²) in [6, 6.07) is 7.10. The molecule has 1 aromatic carbocycles. The number of aliphatic imine (C=N–C) groups is 1. The summed E-state index contributed by atoms with van der Waals surface area (Å²) in [5.74, 6) is 1.54. The molecule has 1 N–H and O–H groups in total. The van der Waals surface area contributed by atoms with Crippen LogP contribution < -0.4 is 0 Å². The molecule has 5 aliphatic rings. The van der Waals surface area contributed by atoms with E-state index in [1.165, 1.54) is 50.3 Å². The average Bonchev–Trinajstić information content (AvgIpc) is 2.68. The predicted molar refractivity (Wildman–Crippen MR) is 119 cm³/mol. The van der Waals surface area contributed by atoms with Gasteiger partial charge >= 0.3 is 5.97 Å². The number of aliphatic carboxylic acids is 1. The van der Waals surface area contributed by atoms with Gasteiger partial charge in [-0.25, -0.2) is 4.99 Å². The largest absolute Gasteiger partial charge is 0.480 e. The molecule has 5 fully saturated rings. The van der Waals surface area contributed by atoms with Crippen molar-refractivity contribution < 1.29 is 14.7 Å². The van der Waals surface area contributed by atoms with E-state index in [0.717, 1.165) is 24.2 Å². The number of thioether (sulfide) groups is 1. The van der Waals surface area contributed by atoms with E-state index in [1.807, 2.05) is 0 Å². The number of nitrogens with zero attached hydrogens (tertiary/aromatic N) is 2. The number of amides is 1. The zero-order valence-corrected chi connectivity index (χ0v) is 18.5. The van der Waals surface area contributed by atoms with Gasteiger partial charge in [-0.3, -0.25) is 14.5 Å². The van der Waals surface area contributed by atoms with Crippen molar-refractivity contribution in [2.45, 2.75) is 56.6 Å². The van der Waals surface area contributed by atoms with Gasteiger partial charge in [0, 0.05) is 11.6 Å². The van der Waals surface area contributed by atoms with Gasteiger partial charge in [0.15, 0.2) is 5.17 Å². The summed E-state index contributed by atoms with van der Waals surface area (Å²) in [4.78, 5) is 30.9. The van der Waals surface area contributed by atoms with Gasteiger partial charge in [0.2, 0.25) is 5.91 Å². The minimum atomic E-state index is -0.960. The molecular formula is C23H27ClN2O3S. The molecule has 1 heterocycles. The third kappa shape index (κ3) is 4.01. The first kappa shape index (κ1) is 20.4. The Morgan fingerprint density at radius 1 is 1.13 bits per heavy atom. The van der Waals surface area contributed by atoms with Crippen molar-refractivity contribution in [1.29, 1.82) is 0 Å². The first-order chi connectivity index (χ1) is 14.4. The molecule has 30 heavy (non-hydrogen) atoms. The number of rotatable bonds is 5. The van der Waals surface area contributed by atoms with Gasteiger partial charge < -0.3 is 5.11 Å². The molecule has 1 aromatic rings. The SMILES string of the molecule is O=C(O)C1CC(=O)N(CCC23CC4CC(CC(C4)C2)C3)C(=Nc2ccc(Cl)cc2)S1. The third-order valence-corrected chi connectivity index (χ3v) is 8.92. The van der Waals surface area contributed by atoms with Crippen LogP contribution in [0.3, 0.4) is 0 Å². The molecule has 4 bridgehead atoms. The number of carboxylic acid groups (broad SMARTS) is 1. The van der Waals surface area contributed by atoms with Gasteiger partial charge in [-0.05, 0) is 92.4 Å². The highest BCUT2D eigenvalue weighted by atomic mass is 35.5. The van der Waals surface area contributed by atoms with Crippen molar-refractivity contribution in [1.82, 2.24) is 4.90 Å². The molecule has 0 spiro atoms. The minimum Gasteiger partial charge on any atom is -0.480 e. The van der Waals surface area contributed by atoms with E-state index in [9.17, 15) is 14.7 Å². The van der Waals surface area contributed by atoms with Crippen molar-refractivity contribution in [3.8, 4) is 0 Å². The molecule has 4 aliphatic carbocycles. The topological polar surface area (TPSA) is 70.0 Å². The Morgan fingerprint density at radius 3 is 2.30 bits per heavy atom. The number of hydrogen-bond donors (Lipinski definition) is 1. The van der Waals surface area contributed by atoms with Gasteiger partial charge in [-0.1, -0.05) is 23.4 Å². The van der Waals surface area contributed by atoms with Crippen LogP contribution in [-0.4, -0.2) is 38.8 Å². The minimum absolute atomic E-state index is 0.0283. The van der Waals surface area contributed by atoms with E-state index in [4.69, 9.17) is 11.6 Å². The van der Waals surface area contributed by atoms with E-state index in [0.29, 0.717) is 27.8 Å². The Kier molecular flexibility index (Phi) is 5.34. The van der Waals surface area contributed by atoms with Crippen molar-refractivity contribution in [2.75, 3.05) is 6.54 Å². The van der Waals surface area contributed by atoms with Crippen LogP contribution in [0.2, 0.25) is 5.02 Å². The van der Waals surface area contributed by atoms with Crippen LogP contribution in [0.1, 0.15) is 51.4 Å². The molecule has 160 valence electrons. The summed E-state index contributed by atoms with van der Waals surface area (Å²) >= 11 is 7.16. The molecule has 1 amide bonds. The number of carbonyl (C=O) groups is 2. The molecule has 1 saturated heterocycles. The number of carbonyl (C=O) groups excluding carboxylic acids is 1. The second kappa shape index (κ2) is 7.86. The van der Waals surface area contributed by atoms with Crippen molar-refractivity contribution in [2.24, 2.45) is 28.2 Å². The number of hydrogen-bond acceptors (Lipinski definition) is 4. The molecule has 0 radical (unpaired) electrons. The summed E-state index contributed by atoms with van der Waals surface area (Å²) in [5, 5.41) is 9.83. The van der Waals surface area contributed by atoms with Crippen molar-refractivity contribution in [3.63, 3.8) is 0 Å². The van der Waals surface area contributed by atoms with E-state index >= 15 is 0 Å². The monoisotopic (exact) mass is 446 g/mol. The van der Waals surface area contributed by atoms with E-state index in [-0.39, 0.29) is 12.3 Å². The maximum atomic E-state index is 12.9.